The van der Waals surface area contributed by atoms with E-state index in [1.54, 1.807) is 9.80 Å². The zero-order chi connectivity index (χ0) is 24.9. The Kier molecular flexibility index (Phi) is 5.50. The summed E-state index contributed by atoms with van der Waals surface area (Å²) in [5, 5.41) is 4.28. The first-order valence-electron chi connectivity index (χ1n) is 11.3. The van der Waals surface area contributed by atoms with Crippen LogP contribution in [-0.4, -0.2) is 47.7 Å². The Bertz CT molecular complexity index is 1380. The van der Waals surface area contributed by atoms with E-state index in [4.69, 9.17) is 10.5 Å². The van der Waals surface area contributed by atoms with E-state index >= 15 is 0 Å². The molecule has 0 unspecified atom stereocenters. The van der Waals surface area contributed by atoms with Crippen molar-refractivity contribution < 1.29 is 23.5 Å². The molecule has 0 bridgehead atoms. The molecule has 3 heterocycles. The lowest BCUT2D eigenvalue weighted by Crippen LogP contribution is -2.39. The average molecular weight is 477 g/mol. The predicted molar refractivity (Wildman–Crippen MR) is 127 cm³/mol. The molecule has 0 spiro atoms. The molecule has 180 valence electrons. The minimum Gasteiger partial charge on any atom is -0.497 e. The Hall–Kier alpha value is -4.21. The van der Waals surface area contributed by atoms with Crippen molar-refractivity contribution in [3.63, 3.8) is 0 Å². The minimum atomic E-state index is -0.763. The van der Waals surface area contributed by atoms with Crippen LogP contribution in [0, 0.1) is 12.7 Å². The van der Waals surface area contributed by atoms with Crippen LogP contribution in [0.15, 0.2) is 36.4 Å². The number of aromatic nitrogens is 2. The molecule has 3 aromatic rings. The molecule has 3 amide bonds. The molecule has 1 saturated heterocycles. The van der Waals surface area contributed by atoms with E-state index in [9.17, 15) is 18.8 Å². The van der Waals surface area contributed by atoms with E-state index in [1.165, 1.54) is 30.0 Å². The molecule has 0 saturated carbocycles. The monoisotopic (exact) mass is 477 g/mol. The number of halogens is 1. The number of fused-ring (bicyclic) bond motifs is 1. The summed E-state index contributed by atoms with van der Waals surface area (Å²) in [4.78, 5) is 41.3. The van der Waals surface area contributed by atoms with Crippen LogP contribution < -0.4 is 20.3 Å². The van der Waals surface area contributed by atoms with Crippen LogP contribution >= 0.6 is 0 Å². The van der Waals surface area contributed by atoms with Crippen LogP contribution in [0.3, 0.4) is 0 Å². The lowest BCUT2D eigenvalue weighted by atomic mass is 10.0. The Morgan fingerprint density at radius 1 is 1.06 bits per heavy atom. The maximum atomic E-state index is 14.2. The van der Waals surface area contributed by atoms with Gasteiger partial charge in [0, 0.05) is 48.6 Å². The summed E-state index contributed by atoms with van der Waals surface area (Å²) >= 11 is 0. The van der Waals surface area contributed by atoms with Crippen LogP contribution in [0.4, 0.5) is 15.8 Å². The number of primary amides is 1. The Morgan fingerprint density at radius 2 is 1.86 bits per heavy atom. The highest BCUT2D eigenvalue weighted by Gasteiger charge is 2.35. The third-order valence-corrected chi connectivity index (χ3v) is 6.44. The highest BCUT2D eigenvalue weighted by Crippen LogP contribution is 2.33. The van der Waals surface area contributed by atoms with Gasteiger partial charge in [-0.1, -0.05) is 0 Å². The number of benzene rings is 2. The van der Waals surface area contributed by atoms with Crippen LogP contribution in [0.25, 0.3) is 5.69 Å². The number of nitrogens with two attached hydrogens (primary N) is 1. The summed E-state index contributed by atoms with van der Waals surface area (Å²) in [6, 6.07) is 9.49. The van der Waals surface area contributed by atoms with Gasteiger partial charge in [-0.05, 0) is 49.6 Å². The highest BCUT2D eigenvalue weighted by atomic mass is 19.1. The molecule has 35 heavy (non-hydrogen) atoms. The van der Waals surface area contributed by atoms with Gasteiger partial charge < -0.3 is 20.3 Å². The molecule has 1 fully saturated rings. The Balaban J connectivity index is 1.57. The standard InChI is InChI=1S/C25H24FN5O4/c1-14-10-16(29-8-3-4-21(29)32)5-6-20(14)30-9-7-19-22(24(27)33)28-31(23(19)25(30)34)17-11-15(26)12-18(13-17)35-2/h5-6,10-13H,3-4,7-9H2,1-2H3,(H2,27,33). The van der Waals surface area contributed by atoms with Gasteiger partial charge in [-0.3, -0.25) is 14.4 Å². The van der Waals surface area contributed by atoms with Crippen molar-refractivity contribution in [3.05, 3.63) is 64.7 Å². The largest absolute Gasteiger partial charge is 0.497 e. The van der Waals surface area contributed by atoms with Crippen molar-refractivity contribution in [2.75, 3.05) is 30.0 Å². The Morgan fingerprint density at radius 3 is 2.51 bits per heavy atom. The van der Waals surface area contributed by atoms with Gasteiger partial charge in [0.2, 0.25) is 5.91 Å². The van der Waals surface area contributed by atoms with Gasteiger partial charge >= 0.3 is 0 Å². The zero-order valence-corrected chi connectivity index (χ0v) is 19.4. The van der Waals surface area contributed by atoms with Gasteiger partial charge in [0.25, 0.3) is 11.8 Å². The van der Waals surface area contributed by atoms with Gasteiger partial charge in [0.05, 0.1) is 12.8 Å². The molecule has 0 atom stereocenters. The Labute approximate surface area is 200 Å². The van der Waals surface area contributed by atoms with Crippen molar-refractivity contribution in [1.82, 2.24) is 9.78 Å². The van der Waals surface area contributed by atoms with Crippen molar-refractivity contribution in [3.8, 4) is 11.4 Å². The summed E-state index contributed by atoms with van der Waals surface area (Å²) in [5.74, 6) is -1.40. The summed E-state index contributed by atoms with van der Waals surface area (Å²) in [6.45, 7) is 2.87. The number of hydrogen-bond donors (Lipinski definition) is 1. The van der Waals surface area contributed by atoms with E-state index in [1.807, 2.05) is 25.1 Å². The summed E-state index contributed by atoms with van der Waals surface area (Å²) in [7, 11) is 1.40. The predicted octanol–water partition coefficient (Wildman–Crippen LogP) is 2.76. The van der Waals surface area contributed by atoms with Crippen LogP contribution in [0.2, 0.25) is 0 Å². The molecule has 2 aliphatic rings. The highest BCUT2D eigenvalue weighted by molar-refractivity contribution is 6.10. The number of anilines is 2. The molecule has 2 N–H and O–H groups in total. The van der Waals surface area contributed by atoms with E-state index in [-0.39, 0.29) is 34.6 Å². The summed E-state index contributed by atoms with van der Waals surface area (Å²) in [6.07, 6.45) is 1.70. The number of hydrogen-bond acceptors (Lipinski definition) is 5. The first kappa shape index (κ1) is 22.6. The molecule has 0 aliphatic carbocycles. The third-order valence-electron chi connectivity index (χ3n) is 6.44. The van der Waals surface area contributed by atoms with Crippen LogP contribution in [-0.2, 0) is 11.2 Å². The minimum absolute atomic E-state index is 0.0177. The SMILES string of the molecule is COc1cc(F)cc(-n2nc(C(N)=O)c3c2C(=O)N(c2ccc(N4CCCC4=O)cc2C)CC3)c1. The van der Waals surface area contributed by atoms with Gasteiger partial charge in [-0.25, -0.2) is 9.07 Å². The molecular weight excluding hydrogens is 453 g/mol. The van der Waals surface area contributed by atoms with Crippen molar-refractivity contribution in [2.45, 2.75) is 26.2 Å². The topological polar surface area (TPSA) is 111 Å². The quantitative estimate of drug-likeness (QED) is 0.608. The van der Waals surface area contributed by atoms with Crippen molar-refractivity contribution >= 4 is 29.1 Å². The van der Waals surface area contributed by atoms with E-state index in [2.05, 4.69) is 5.10 Å². The summed E-state index contributed by atoms with van der Waals surface area (Å²) in [5.41, 5.74) is 8.65. The molecular formula is C25H24FN5O4. The van der Waals surface area contributed by atoms with Gasteiger partial charge in [-0.15, -0.1) is 0 Å². The lowest BCUT2D eigenvalue weighted by Gasteiger charge is -2.29. The van der Waals surface area contributed by atoms with E-state index in [0.29, 0.717) is 37.2 Å². The van der Waals surface area contributed by atoms with Crippen LogP contribution in [0.5, 0.6) is 5.75 Å². The van der Waals surface area contributed by atoms with Gasteiger partial charge in [0.15, 0.2) is 5.69 Å². The normalized spacial score (nSPS) is 15.5. The van der Waals surface area contributed by atoms with Gasteiger partial charge in [0.1, 0.15) is 17.3 Å². The fourth-order valence-corrected chi connectivity index (χ4v) is 4.79. The van der Waals surface area contributed by atoms with E-state index < -0.39 is 11.7 Å². The van der Waals surface area contributed by atoms with Crippen molar-refractivity contribution in [1.29, 1.82) is 0 Å². The number of amides is 3. The molecule has 10 heteroatoms. The van der Waals surface area contributed by atoms with Crippen molar-refractivity contribution in [2.24, 2.45) is 5.73 Å². The number of methoxy groups -OCH3 is 1. The molecule has 2 aliphatic heterocycles. The molecule has 5 rings (SSSR count). The number of nitrogens with zero attached hydrogens (tertiary/aromatic N) is 4. The first-order valence-corrected chi connectivity index (χ1v) is 11.3. The maximum absolute atomic E-state index is 14.2. The van der Waals surface area contributed by atoms with Crippen LogP contribution in [0.1, 0.15) is 44.9 Å². The van der Waals surface area contributed by atoms with E-state index in [0.717, 1.165) is 17.7 Å². The third kappa shape index (κ3) is 3.80. The molecule has 0 radical (unpaired) electrons. The molecule has 1 aromatic heterocycles. The summed E-state index contributed by atoms with van der Waals surface area (Å²) < 4.78 is 20.7. The second kappa shape index (κ2) is 8.53. The number of aryl methyl sites for hydroxylation is 1. The maximum Gasteiger partial charge on any atom is 0.277 e. The molecule has 2 aromatic carbocycles. The average Bonchev–Trinajstić information content (AvgIpc) is 3.43. The first-order chi connectivity index (χ1) is 16.8. The number of carbonyl (C=O) groups excluding carboxylic acids is 3. The lowest BCUT2D eigenvalue weighted by molar-refractivity contribution is -0.117. The second-order valence-corrected chi connectivity index (χ2v) is 8.63. The number of carbonyl (C=O) groups is 3. The smallest absolute Gasteiger partial charge is 0.277 e. The van der Waals surface area contributed by atoms with Gasteiger partial charge in [-0.2, -0.15) is 5.10 Å². The second-order valence-electron chi connectivity index (χ2n) is 8.63. The fraction of sp³-hybridized carbons (Fsp3) is 0.280. The fourth-order valence-electron chi connectivity index (χ4n) is 4.79. The zero-order valence-electron chi connectivity index (χ0n) is 19.4. The molecule has 9 nitrogen and oxygen atoms in total. The number of ether oxygens (including phenoxy) is 1. The number of rotatable bonds is 5.